The number of urea groups is 1. The Morgan fingerprint density at radius 1 is 1.24 bits per heavy atom. The Kier molecular flexibility index (Phi) is 5.23. The molecule has 3 N–H and O–H groups in total. The number of aryl methyl sites for hydroxylation is 2. The van der Waals surface area contributed by atoms with E-state index in [1.807, 2.05) is 0 Å². The lowest BCUT2D eigenvalue weighted by Gasteiger charge is -2.22. The third-order valence-corrected chi connectivity index (χ3v) is 4.29. The van der Waals surface area contributed by atoms with E-state index in [9.17, 15) is 9.90 Å². The monoisotopic (exact) mass is 290 g/mol. The molecule has 1 aliphatic rings. The van der Waals surface area contributed by atoms with Crippen LogP contribution < -0.4 is 10.6 Å². The van der Waals surface area contributed by atoms with Crippen molar-refractivity contribution in [2.45, 2.75) is 51.6 Å². The first-order valence-corrected chi connectivity index (χ1v) is 7.79. The van der Waals surface area contributed by atoms with Gasteiger partial charge in [-0.2, -0.15) is 0 Å². The van der Waals surface area contributed by atoms with Crippen LogP contribution in [0.5, 0.6) is 0 Å². The fourth-order valence-corrected chi connectivity index (χ4v) is 2.95. The maximum absolute atomic E-state index is 11.7. The smallest absolute Gasteiger partial charge is 0.314 e. The van der Waals surface area contributed by atoms with Crippen molar-refractivity contribution in [3.05, 3.63) is 34.9 Å². The Bertz CT molecular complexity index is 494. The summed E-state index contributed by atoms with van der Waals surface area (Å²) < 4.78 is 0. The zero-order chi connectivity index (χ0) is 15.3. The average molecular weight is 290 g/mol. The molecule has 0 heterocycles. The van der Waals surface area contributed by atoms with Crippen molar-refractivity contribution < 1.29 is 9.90 Å². The van der Waals surface area contributed by atoms with Crippen LogP contribution in [0.25, 0.3) is 0 Å². The first-order chi connectivity index (χ1) is 9.98. The van der Waals surface area contributed by atoms with Gasteiger partial charge in [0.05, 0.1) is 5.60 Å². The number of rotatable bonds is 5. The minimum absolute atomic E-state index is 0.194. The highest BCUT2D eigenvalue weighted by atomic mass is 16.3. The Labute approximate surface area is 126 Å². The zero-order valence-corrected chi connectivity index (χ0v) is 13.0. The second kappa shape index (κ2) is 6.94. The van der Waals surface area contributed by atoms with Crippen molar-refractivity contribution in [3.63, 3.8) is 0 Å². The fraction of sp³-hybridized carbons (Fsp3) is 0.588. The molecular weight excluding hydrogens is 264 g/mol. The van der Waals surface area contributed by atoms with E-state index >= 15 is 0 Å². The molecule has 1 aromatic carbocycles. The summed E-state index contributed by atoms with van der Waals surface area (Å²) in [6.45, 7) is 5.13. The van der Waals surface area contributed by atoms with E-state index in [-0.39, 0.29) is 6.03 Å². The number of carbonyl (C=O) groups excluding carboxylic acids is 1. The molecule has 0 aromatic heterocycles. The van der Waals surface area contributed by atoms with Crippen molar-refractivity contribution in [2.24, 2.45) is 0 Å². The Hall–Kier alpha value is -1.55. The van der Waals surface area contributed by atoms with Crippen molar-refractivity contribution >= 4 is 6.03 Å². The highest BCUT2D eigenvalue weighted by Gasteiger charge is 2.31. The maximum Gasteiger partial charge on any atom is 0.314 e. The van der Waals surface area contributed by atoms with Gasteiger partial charge in [0.15, 0.2) is 0 Å². The molecule has 4 nitrogen and oxygen atoms in total. The SMILES string of the molecule is Cc1ccc(CCNC(=O)NCC2(O)CCCC2)c(C)c1. The molecule has 0 bridgehead atoms. The van der Waals surface area contributed by atoms with E-state index < -0.39 is 5.60 Å². The predicted molar refractivity (Wildman–Crippen MR) is 84.4 cm³/mol. The molecule has 1 saturated carbocycles. The topological polar surface area (TPSA) is 61.4 Å². The normalized spacial score (nSPS) is 16.7. The summed E-state index contributed by atoms with van der Waals surface area (Å²) in [7, 11) is 0. The second-order valence-corrected chi connectivity index (χ2v) is 6.22. The van der Waals surface area contributed by atoms with Crippen LogP contribution in [0, 0.1) is 13.8 Å². The number of nitrogens with one attached hydrogen (secondary N) is 2. The first-order valence-electron chi connectivity index (χ1n) is 7.79. The van der Waals surface area contributed by atoms with Crippen LogP contribution >= 0.6 is 0 Å². The molecular formula is C17H26N2O2. The lowest BCUT2D eigenvalue weighted by Crippen LogP contribution is -2.45. The van der Waals surface area contributed by atoms with Gasteiger partial charge in [0.1, 0.15) is 0 Å². The molecule has 0 atom stereocenters. The van der Waals surface area contributed by atoms with Gasteiger partial charge in [0, 0.05) is 13.1 Å². The molecule has 1 aliphatic carbocycles. The number of carbonyl (C=O) groups is 1. The van der Waals surface area contributed by atoms with Crippen molar-refractivity contribution in [1.82, 2.24) is 10.6 Å². The second-order valence-electron chi connectivity index (χ2n) is 6.22. The molecule has 116 valence electrons. The number of hydrogen-bond acceptors (Lipinski definition) is 2. The summed E-state index contributed by atoms with van der Waals surface area (Å²) in [4.78, 5) is 11.7. The minimum Gasteiger partial charge on any atom is -0.388 e. The summed E-state index contributed by atoms with van der Waals surface area (Å²) >= 11 is 0. The van der Waals surface area contributed by atoms with Crippen LogP contribution in [0.4, 0.5) is 4.79 Å². The third kappa shape index (κ3) is 4.74. The third-order valence-electron chi connectivity index (χ3n) is 4.29. The van der Waals surface area contributed by atoms with E-state index in [2.05, 4.69) is 42.7 Å². The minimum atomic E-state index is -0.690. The van der Waals surface area contributed by atoms with Crippen LogP contribution in [0.15, 0.2) is 18.2 Å². The average Bonchev–Trinajstić information content (AvgIpc) is 2.86. The van der Waals surface area contributed by atoms with Gasteiger partial charge in [0.25, 0.3) is 0 Å². The number of aliphatic hydroxyl groups is 1. The molecule has 2 rings (SSSR count). The number of hydrogen-bond donors (Lipinski definition) is 3. The quantitative estimate of drug-likeness (QED) is 0.780. The molecule has 0 radical (unpaired) electrons. The van der Waals surface area contributed by atoms with Crippen LogP contribution in [0.3, 0.4) is 0 Å². The molecule has 21 heavy (non-hydrogen) atoms. The molecule has 0 spiro atoms. The molecule has 0 saturated heterocycles. The van der Waals surface area contributed by atoms with E-state index in [4.69, 9.17) is 0 Å². The van der Waals surface area contributed by atoms with Gasteiger partial charge in [-0.05, 0) is 44.2 Å². The maximum atomic E-state index is 11.7. The zero-order valence-electron chi connectivity index (χ0n) is 13.0. The first kappa shape index (κ1) is 15.8. The summed E-state index contributed by atoms with van der Waals surface area (Å²) in [6.07, 6.45) is 4.49. The summed E-state index contributed by atoms with van der Waals surface area (Å²) in [5.74, 6) is 0. The molecule has 1 aromatic rings. The van der Waals surface area contributed by atoms with Crippen molar-refractivity contribution in [1.29, 1.82) is 0 Å². The van der Waals surface area contributed by atoms with Gasteiger partial charge in [-0.3, -0.25) is 0 Å². The summed E-state index contributed by atoms with van der Waals surface area (Å²) in [5.41, 5.74) is 3.09. The largest absolute Gasteiger partial charge is 0.388 e. The van der Waals surface area contributed by atoms with Gasteiger partial charge >= 0.3 is 6.03 Å². The number of benzene rings is 1. The highest BCUT2D eigenvalue weighted by Crippen LogP contribution is 2.28. The summed E-state index contributed by atoms with van der Waals surface area (Å²) in [6, 6.07) is 6.18. The molecule has 0 aliphatic heterocycles. The fourth-order valence-electron chi connectivity index (χ4n) is 2.95. The van der Waals surface area contributed by atoms with Crippen LogP contribution in [-0.2, 0) is 6.42 Å². The van der Waals surface area contributed by atoms with Crippen LogP contribution in [-0.4, -0.2) is 29.8 Å². The highest BCUT2D eigenvalue weighted by molar-refractivity contribution is 5.73. The van der Waals surface area contributed by atoms with Crippen LogP contribution in [0.2, 0.25) is 0 Å². The molecule has 4 heteroatoms. The predicted octanol–water partition coefficient (Wildman–Crippen LogP) is 2.45. The summed E-state index contributed by atoms with van der Waals surface area (Å²) in [5, 5.41) is 15.8. The van der Waals surface area contributed by atoms with Gasteiger partial charge in [0.2, 0.25) is 0 Å². The Balaban J connectivity index is 1.69. The van der Waals surface area contributed by atoms with Crippen molar-refractivity contribution in [3.8, 4) is 0 Å². The molecule has 2 amide bonds. The Morgan fingerprint density at radius 3 is 2.62 bits per heavy atom. The van der Waals surface area contributed by atoms with E-state index in [0.29, 0.717) is 13.1 Å². The van der Waals surface area contributed by atoms with Crippen LogP contribution in [0.1, 0.15) is 42.4 Å². The lowest BCUT2D eigenvalue weighted by molar-refractivity contribution is 0.0501. The van der Waals surface area contributed by atoms with Crippen molar-refractivity contribution in [2.75, 3.05) is 13.1 Å². The van der Waals surface area contributed by atoms with E-state index in [0.717, 1.165) is 32.1 Å². The van der Waals surface area contributed by atoms with Gasteiger partial charge < -0.3 is 15.7 Å². The number of amides is 2. The van der Waals surface area contributed by atoms with E-state index in [1.165, 1.54) is 16.7 Å². The van der Waals surface area contributed by atoms with E-state index in [1.54, 1.807) is 0 Å². The Morgan fingerprint density at radius 2 is 1.95 bits per heavy atom. The van der Waals surface area contributed by atoms with Gasteiger partial charge in [-0.15, -0.1) is 0 Å². The molecule has 0 unspecified atom stereocenters. The van der Waals surface area contributed by atoms with Gasteiger partial charge in [-0.1, -0.05) is 36.6 Å². The standard InChI is InChI=1S/C17H26N2O2/c1-13-5-6-15(14(2)11-13)7-10-18-16(20)19-12-17(21)8-3-4-9-17/h5-6,11,21H,3-4,7-10,12H2,1-2H3,(H2,18,19,20). The lowest BCUT2D eigenvalue weighted by atomic mass is 10.0. The molecule has 1 fully saturated rings. The van der Waals surface area contributed by atoms with Gasteiger partial charge in [-0.25, -0.2) is 4.79 Å².